The number of rotatable bonds is 6. The van der Waals surface area contributed by atoms with E-state index in [2.05, 4.69) is 20.9 Å². The van der Waals surface area contributed by atoms with Crippen LogP contribution >= 0.6 is 0 Å². The minimum Gasteiger partial charge on any atom is -0.388 e. The van der Waals surface area contributed by atoms with Crippen LogP contribution in [0.3, 0.4) is 0 Å². The maximum atomic E-state index is 11.9. The van der Waals surface area contributed by atoms with Crippen LogP contribution in [-0.2, 0) is 0 Å². The van der Waals surface area contributed by atoms with Gasteiger partial charge < -0.3 is 15.7 Å². The smallest absolute Gasteiger partial charge is 0.319 e. The van der Waals surface area contributed by atoms with Crippen molar-refractivity contribution in [2.75, 3.05) is 11.9 Å². The number of aliphatic hydroxyl groups excluding tert-OH is 1. The van der Waals surface area contributed by atoms with Gasteiger partial charge in [-0.2, -0.15) is 0 Å². The van der Waals surface area contributed by atoms with E-state index in [1.54, 1.807) is 29.2 Å². The fraction of sp³-hybridized carbons (Fsp3) is 0.167. The molecular formula is C18H19N5O2. The molecule has 1 atom stereocenters. The van der Waals surface area contributed by atoms with Crippen molar-refractivity contribution >= 4 is 11.7 Å². The summed E-state index contributed by atoms with van der Waals surface area (Å²) in [5.74, 6) is 0. The van der Waals surface area contributed by atoms with Crippen molar-refractivity contribution in [1.82, 2.24) is 20.3 Å². The van der Waals surface area contributed by atoms with Gasteiger partial charge in [0.05, 0.1) is 24.2 Å². The molecule has 0 aliphatic carbocycles. The molecule has 0 saturated carbocycles. The number of benzene rings is 2. The van der Waals surface area contributed by atoms with Crippen molar-refractivity contribution in [2.45, 2.75) is 12.5 Å². The minimum absolute atomic E-state index is 0.311. The van der Waals surface area contributed by atoms with Gasteiger partial charge in [0.2, 0.25) is 0 Å². The van der Waals surface area contributed by atoms with Crippen LogP contribution in [0.25, 0.3) is 5.69 Å². The van der Waals surface area contributed by atoms with Gasteiger partial charge in [-0.05, 0) is 36.2 Å². The summed E-state index contributed by atoms with van der Waals surface area (Å²) < 4.78 is 1.63. The summed E-state index contributed by atoms with van der Waals surface area (Å²) in [5, 5.41) is 23.2. The summed E-state index contributed by atoms with van der Waals surface area (Å²) in [4.78, 5) is 11.9. The summed E-state index contributed by atoms with van der Waals surface area (Å²) in [7, 11) is 0. The Bertz CT molecular complexity index is 788. The van der Waals surface area contributed by atoms with Gasteiger partial charge in [0.25, 0.3) is 0 Å². The summed E-state index contributed by atoms with van der Waals surface area (Å²) in [6, 6.07) is 16.3. The molecule has 0 saturated heterocycles. The van der Waals surface area contributed by atoms with Gasteiger partial charge in [0, 0.05) is 12.2 Å². The number of hydrogen-bond donors (Lipinski definition) is 3. The lowest BCUT2D eigenvalue weighted by molar-refractivity contribution is 0.167. The molecule has 0 radical (unpaired) electrons. The molecule has 0 aliphatic rings. The van der Waals surface area contributed by atoms with Crippen molar-refractivity contribution < 1.29 is 9.90 Å². The number of aliphatic hydroxyl groups is 1. The van der Waals surface area contributed by atoms with Crippen molar-refractivity contribution in [3.63, 3.8) is 0 Å². The molecule has 0 spiro atoms. The Morgan fingerprint density at radius 3 is 2.56 bits per heavy atom. The number of carbonyl (C=O) groups is 1. The normalized spacial score (nSPS) is 11.7. The highest BCUT2D eigenvalue weighted by atomic mass is 16.3. The zero-order valence-electron chi connectivity index (χ0n) is 13.5. The Morgan fingerprint density at radius 2 is 1.88 bits per heavy atom. The number of urea groups is 1. The van der Waals surface area contributed by atoms with E-state index in [-0.39, 0.29) is 6.03 Å². The summed E-state index contributed by atoms with van der Waals surface area (Å²) in [5.41, 5.74) is 2.37. The molecule has 1 heterocycles. The van der Waals surface area contributed by atoms with E-state index in [1.165, 1.54) is 0 Å². The zero-order chi connectivity index (χ0) is 17.5. The van der Waals surface area contributed by atoms with E-state index in [9.17, 15) is 9.90 Å². The monoisotopic (exact) mass is 337 g/mol. The van der Waals surface area contributed by atoms with E-state index < -0.39 is 6.10 Å². The number of nitrogens with zero attached hydrogens (tertiary/aromatic N) is 3. The van der Waals surface area contributed by atoms with Gasteiger partial charge in [-0.25, -0.2) is 9.48 Å². The van der Waals surface area contributed by atoms with Crippen molar-refractivity contribution in [3.05, 3.63) is 72.6 Å². The maximum Gasteiger partial charge on any atom is 0.319 e. The third kappa shape index (κ3) is 4.65. The molecule has 1 unspecified atom stereocenters. The van der Waals surface area contributed by atoms with Crippen LogP contribution in [0.1, 0.15) is 18.1 Å². The Hall–Kier alpha value is -3.19. The Morgan fingerprint density at radius 1 is 1.12 bits per heavy atom. The molecule has 3 rings (SSSR count). The molecule has 3 N–H and O–H groups in total. The quantitative estimate of drug-likeness (QED) is 0.644. The van der Waals surface area contributed by atoms with Crippen molar-refractivity contribution in [2.24, 2.45) is 0 Å². The predicted octanol–water partition coefficient (Wildman–Crippen LogP) is 2.51. The van der Waals surface area contributed by atoms with Gasteiger partial charge in [0.15, 0.2) is 0 Å². The van der Waals surface area contributed by atoms with E-state index in [4.69, 9.17) is 0 Å². The van der Waals surface area contributed by atoms with Gasteiger partial charge >= 0.3 is 6.03 Å². The van der Waals surface area contributed by atoms with E-state index >= 15 is 0 Å². The van der Waals surface area contributed by atoms with Crippen molar-refractivity contribution in [3.8, 4) is 5.69 Å². The lowest BCUT2D eigenvalue weighted by Gasteiger charge is -2.12. The second-order valence-corrected chi connectivity index (χ2v) is 5.49. The minimum atomic E-state index is -0.594. The first-order chi connectivity index (χ1) is 12.2. The van der Waals surface area contributed by atoms with E-state index in [0.29, 0.717) is 18.7 Å². The molecule has 0 bridgehead atoms. The van der Waals surface area contributed by atoms with Crippen LogP contribution in [0.15, 0.2) is 67.0 Å². The lowest BCUT2D eigenvalue weighted by atomic mass is 10.1. The second kappa shape index (κ2) is 8.07. The van der Waals surface area contributed by atoms with Crippen LogP contribution in [0.5, 0.6) is 0 Å². The Labute approximate surface area is 145 Å². The molecule has 2 aromatic carbocycles. The van der Waals surface area contributed by atoms with Gasteiger partial charge in [0.1, 0.15) is 0 Å². The van der Waals surface area contributed by atoms with Crippen molar-refractivity contribution in [1.29, 1.82) is 0 Å². The number of nitrogens with one attached hydrogen (secondary N) is 2. The Kier molecular flexibility index (Phi) is 5.38. The number of amides is 2. The molecule has 1 aromatic heterocycles. The van der Waals surface area contributed by atoms with Crippen LogP contribution in [-0.4, -0.2) is 32.7 Å². The highest BCUT2D eigenvalue weighted by molar-refractivity contribution is 5.89. The third-order valence-electron chi connectivity index (χ3n) is 3.70. The SMILES string of the molecule is O=C(NCCC(O)c1ccccc1)Nc1ccc(-n2ccnn2)cc1. The first-order valence-electron chi connectivity index (χ1n) is 7.97. The number of hydrogen-bond acceptors (Lipinski definition) is 4. The molecule has 0 aliphatic heterocycles. The molecule has 0 fully saturated rings. The molecule has 25 heavy (non-hydrogen) atoms. The summed E-state index contributed by atoms with van der Waals surface area (Å²) >= 11 is 0. The highest BCUT2D eigenvalue weighted by Gasteiger charge is 2.08. The lowest BCUT2D eigenvalue weighted by Crippen LogP contribution is -2.30. The molecule has 2 amide bonds. The molecule has 128 valence electrons. The molecule has 7 nitrogen and oxygen atoms in total. The summed E-state index contributed by atoms with van der Waals surface area (Å²) in [6.07, 6.45) is 3.20. The average Bonchev–Trinajstić information content (AvgIpc) is 3.18. The first-order valence-corrected chi connectivity index (χ1v) is 7.97. The van der Waals surface area contributed by atoms with E-state index in [0.717, 1.165) is 11.3 Å². The zero-order valence-corrected chi connectivity index (χ0v) is 13.5. The number of anilines is 1. The van der Waals surface area contributed by atoms with Gasteiger partial charge in [-0.3, -0.25) is 0 Å². The topological polar surface area (TPSA) is 92.1 Å². The Balaban J connectivity index is 1.45. The molecule has 7 heteroatoms. The second-order valence-electron chi connectivity index (χ2n) is 5.49. The van der Waals surface area contributed by atoms with Gasteiger partial charge in [-0.1, -0.05) is 35.5 Å². The average molecular weight is 337 g/mol. The molecular weight excluding hydrogens is 318 g/mol. The van der Waals surface area contributed by atoms with E-state index in [1.807, 2.05) is 42.5 Å². The summed E-state index contributed by atoms with van der Waals surface area (Å²) in [6.45, 7) is 0.374. The third-order valence-corrected chi connectivity index (χ3v) is 3.70. The van der Waals surface area contributed by atoms with Crippen LogP contribution in [0, 0.1) is 0 Å². The highest BCUT2D eigenvalue weighted by Crippen LogP contribution is 2.15. The standard InChI is InChI=1S/C18H19N5O2/c24-17(14-4-2-1-3-5-14)10-11-19-18(25)21-15-6-8-16(9-7-15)23-13-12-20-22-23/h1-9,12-13,17,24H,10-11H2,(H2,19,21,25). The fourth-order valence-corrected chi connectivity index (χ4v) is 2.38. The van der Waals surface area contributed by atoms with Crippen LogP contribution < -0.4 is 10.6 Å². The molecule has 3 aromatic rings. The fourth-order valence-electron chi connectivity index (χ4n) is 2.38. The number of carbonyl (C=O) groups excluding carboxylic acids is 1. The van der Waals surface area contributed by atoms with Crippen LogP contribution in [0.2, 0.25) is 0 Å². The number of aromatic nitrogens is 3. The largest absolute Gasteiger partial charge is 0.388 e. The van der Waals surface area contributed by atoms with Gasteiger partial charge in [-0.15, -0.1) is 5.10 Å². The first kappa shape index (κ1) is 16.7. The predicted molar refractivity (Wildman–Crippen MR) is 94.4 cm³/mol. The van der Waals surface area contributed by atoms with Crippen LogP contribution in [0.4, 0.5) is 10.5 Å². The maximum absolute atomic E-state index is 11.9.